The number of carbonyl (C=O) groups excluding carboxylic acids is 2. The number of hydrogen-bond donors (Lipinski definition) is 1. The molecule has 21 heavy (non-hydrogen) atoms. The third-order valence-electron chi connectivity index (χ3n) is 3.76. The lowest BCUT2D eigenvalue weighted by Gasteiger charge is -2.37. The van der Waals surface area contributed by atoms with Crippen LogP contribution in [-0.2, 0) is 22.7 Å². The second-order valence-corrected chi connectivity index (χ2v) is 5.39. The number of nitrogens with zero attached hydrogens (tertiary/aromatic N) is 4. The highest BCUT2D eigenvalue weighted by Gasteiger charge is 2.38. The van der Waals surface area contributed by atoms with Gasteiger partial charge in [0.25, 0.3) is 0 Å². The van der Waals surface area contributed by atoms with E-state index in [9.17, 15) is 9.59 Å². The summed E-state index contributed by atoms with van der Waals surface area (Å²) in [6, 6.07) is -0.890. The molecule has 0 aliphatic carbocycles. The second kappa shape index (κ2) is 6.69. The van der Waals surface area contributed by atoms with Crippen molar-refractivity contribution >= 4 is 11.8 Å². The lowest BCUT2D eigenvalue weighted by molar-refractivity contribution is -0.149. The second-order valence-electron chi connectivity index (χ2n) is 5.39. The van der Waals surface area contributed by atoms with Crippen molar-refractivity contribution in [1.82, 2.24) is 25.0 Å². The maximum absolute atomic E-state index is 12.5. The number of rotatable bonds is 6. The maximum Gasteiger partial charge on any atom is 0.246 e. The number of aryl methyl sites for hydroxylation is 1. The number of hydrogen-bond acceptors (Lipinski definition) is 4. The third kappa shape index (κ3) is 3.22. The van der Waals surface area contributed by atoms with Gasteiger partial charge in [0.1, 0.15) is 24.2 Å². The van der Waals surface area contributed by atoms with Crippen molar-refractivity contribution in [3.8, 4) is 0 Å². The van der Waals surface area contributed by atoms with Gasteiger partial charge in [-0.2, -0.15) is 5.10 Å². The standard InChI is InChI=1S/C14H23N5O2/c1-4-6-11-14(21)18(10(3)13(20)17-11)8-12-15-9-16-19(12)7-5-2/h9-11H,4-8H2,1-3H3,(H,17,20). The van der Waals surface area contributed by atoms with Crippen LogP contribution in [0, 0.1) is 0 Å². The molecule has 7 nitrogen and oxygen atoms in total. The number of carbonyl (C=O) groups is 2. The van der Waals surface area contributed by atoms with Gasteiger partial charge in [-0.05, 0) is 19.8 Å². The lowest BCUT2D eigenvalue weighted by atomic mass is 10.0. The minimum Gasteiger partial charge on any atom is -0.343 e. The largest absolute Gasteiger partial charge is 0.343 e. The van der Waals surface area contributed by atoms with E-state index in [0.717, 1.165) is 25.2 Å². The van der Waals surface area contributed by atoms with Gasteiger partial charge < -0.3 is 10.2 Å². The van der Waals surface area contributed by atoms with Gasteiger partial charge >= 0.3 is 0 Å². The van der Waals surface area contributed by atoms with Crippen molar-refractivity contribution in [2.24, 2.45) is 0 Å². The molecule has 0 radical (unpaired) electrons. The molecule has 2 unspecified atom stereocenters. The topological polar surface area (TPSA) is 80.1 Å². The molecule has 1 aliphatic heterocycles. The van der Waals surface area contributed by atoms with Crippen LogP contribution in [0.2, 0.25) is 0 Å². The number of nitrogens with one attached hydrogen (secondary N) is 1. The van der Waals surface area contributed by atoms with Crippen LogP contribution in [0.5, 0.6) is 0 Å². The van der Waals surface area contributed by atoms with Crippen LogP contribution in [-0.4, -0.2) is 43.6 Å². The average Bonchev–Trinajstić information content (AvgIpc) is 2.89. The van der Waals surface area contributed by atoms with Crippen LogP contribution in [0.1, 0.15) is 45.9 Å². The summed E-state index contributed by atoms with van der Waals surface area (Å²) in [7, 11) is 0. The van der Waals surface area contributed by atoms with Crippen molar-refractivity contribution in [2.75, 3.05) is 0 Å². The van der Waals surface area contributed by atoms with E-state index in [1.165, 1.54) is 6.33 Å². The zero-order valence-corrected chi connectivity index (χ0v) is 12.9. The first-order valence-electron chi connectivity index (χ1n) is 7.56. The van der Waals surface area contributed by atoms with Crippen LogP contribution < -0.4 is 5.32 Å². The summed E-state index contributed by atoms with van der Waals surface area (Å²) < 4.78 is 1.79. The van der Waals surface area contributed by atoms with Gasteiger partial charge in [0.15, 0.2) is 0 Å². The van der Waals surface area contributed by atoms with Crippen LogP contribution in [0.15, 0.2) is 6.33 Å². The lowest BCUT2D eigenvalue weighted by Crippen LogP contribution is -2.62. The molecule has 1 aromatic rings. The summed E-state index contributed by atoms with van der Waals surface area (Å²) in [6.45, 7) is 6.89. The first-order valence-corrected chi connectivity index (χ1v) is 7.56. The molecule has 1 aliphatic rings. The molecule has 0 saturated carbocycles. The van der Waals surface area contributed by atoms with Crippen LogP contribution >= 0.6 is 0 Å². The molecule has 2 amide bonds. The fourth-order valence-electron chi connectivity index (χ4n) is 2.55. The van der Waals surface area contributed by atoms with Gasteiger partial charge in [-0.1, -0.05) is 20.3 Å². The van der Waals surface area contributed by atoms with Crippen molar-refractivity contribution in [3.05, 3.63) is 12.2 Å². The SMILES string of the molecule is CCCC1NC(=O)C(C)N(Cc2ncnn2CCC)C1=O. The molecule has 0 aromatic carbocycles. The van der Waals surface area contributed by atoms with Crippen molar-refractivity contribution in [1.29, 1.82) is 0 Å². The van der Waals surface area contributed by atoms with Gasteiger partial charge in [0.05, 0.1) is 6.54 Å². The molecule has 0 bridgehead atoms. The Morgan fingerprint density at radius 3 is 2.71 bits per heavy atom. The molecule has 2 atom stereocenters. The summed E-state index contributed by atoms with van der Waals surface area (Å²) in [5.74, 6) is 0.589. The van der Waals surface area contributed by atoms with Crippen LogP contribution in [0.25, 0.3) is 0 Å². The zero-order chi connectivity index (χ0) is 15.4. The minimum atomic E-state index is -0.475. The predicted octanol–water partition coefficient (Wildman–Crippen LogP) is 0.704. The highest BCUT2D eigenvalue weighted by molar-refractivity contribution is 5.96. The molecule has 1 N–H and O–H groups in total. The van der Waals surface area contributed by atoms with E-state index < -0.39 is 12.1 Å². The summed E-state index contributed by atoms with van der Waals surface area (Å²) in [5, 5.41) is 6.96. The normalized spacial score (nSPS) is 22.5. The van der Waals surface area contributed by atoms with E-state index in [-0.39, 0.29) is 11.8 Å². The number of amides is 2. The molecule has 7 heteroatoms. The van der Waals surface area contributed by atoms with Gasteiger partial charge in [0, 0.05) is 6.54 Å². The first kappa shape index (κ1) is 15.5. The number of aromatic nitrogens is 3. The van der Waals surface area contributed by atoms with Crippen LogP contribution in [0.3, 0.4) is 0 Å². The van der Waals surface area contributed by atoms with E-state index in [1.807, 2.05) is 6.92 Å². The molecule has 2 heterocycles. The molecule has 1 aromatic heterocycles. The van der Waals surface area contributed by atoms with Gasteiger partial charge in [-0.25, -0.2) is 9.67 Å². The summed E-state index contributed by atoms with van der Waals surface area (Å²) >= 11 is 0. The quantitative estimate of drug-likeness (QED) is 0.837. The molecule has 2 rings (SSSR count). The summed E-state index contributed by atoms with van der Waals surface area (Å²) in [6.07, 6.45) is 3.95. The highest BCUT2D eigenvalue weighted by atomic mass is 16.2. The molecule has 116 valence electrons. The van der Waals surface area contributed by atoms with Gasteiger partial charge in [-0.15, -0.1) is 0 Å². The molecular formula is C14H23N5O2. The molecule has 1 fully saturated rings. The highest BCUT2D eigenvalue weighted by Crippen LogP contribution is 2.16. The number of piperazine rings is 1. The Labute approximate surface area is 124 Å². The van der Waals surface area contributed by atoms with E-state index in [1.54, 1.807) is 16.5 Å². The Bertz CT molecular complexity index is 513. The first-order chi connectivity index (χ1) is 10.1. The van der Waals surface area contributed by atoms with E-state index in [4.69, 9.17) is 0 Å². The van der Waals surface area contributed by atoms with Gasteiger partial charge in [0.2, 0.25) is 11.8 Å². The maximum atomic E-state index is 12.5. The van der Waals surface area contributed by atoms with E-state index >= 15 is 0 Å². The van der Waals surface area contributed by atoms with Crippen LogP contribution in [0.4, 0.5) is 0 Å². The van der Waals surface area contributed by atoms with E-state index in [0.29, 0.717) is 13.0 Å². The Morgan fingerprint density at radius 2 is 2.05 bits per heavy atom. The Hall–Kier alpha value is -1.92. The molecule has 1 saturated heterocycles. The smallest absolute Gasteiger partial charge is 0.246 e. The Balaban J connectivity index is 2.17. The summed E-state index contributed by atoms with van der Waals surface area (Å²) in [4.78, 5) is 30.4. The molecule has 0 spiro atoms. The van der Waals surface area contributed by atoms with Gasteiger partial charge in [-0.3, -0.25) is 9.59 Å². The fraction of sp³-hybridized carbons (Fsp3) is 0.714. The Morgan fingerprint density at radius 1 is 1.29 bits per heavy atom. The third-order valence-corrected chi connectivity index (χ3v) is 3.76. The monoisotopic (exact) mass is 293 g/mol. The van der Waals surface area contributed by atoms with Crippen molar-refractivity contribution in [2.45, 2.75) is 65.2 Å². The fourth-order valence-corrected chi connectivity index (χ4v) is 2.55. The summed E-state index contributed by atoms with van der Waals surface area (Å²) in [5.41, 5.74) is 0. The van der Waals surface area contributed by atoms with E-state index in [2.05, 4.69) is 22.3 Å². The predicted molar refractivity (Wildman–Crippen MR) is 77.2 cm³/mol. The van der Waals surface area contributed by atoms with Crippen molar-refractivity contribution < 1.29 is 9.59 Å². The zero-order valence-electron chi connectivity index (χ0n) is 12.9. The Kier molecular flexibility index (Phi) is 4.93. The van der Waals surface area contributed by atoms with Crippen molar-refractivity contribution in [3.63, 3.8) is 0 Å². The molecular weight excluding hydrogens is 270 g/mol. The minimum absolute atomic E-state index is 0.0324. The average molecular weight is 293 g/mol.